The third kappa shape index (κ3) is 2.70. The smallest absolute Gasteiger partial charge is 0.168 e. The Morgan fingerprint density at radius 1 is 1.24 bits per heavy atom. The van der Waals surface area contributed by atoms with Gasteiger partial charge in [0.15, 0.2) is 5.78 Å². The van der Waals surface area contributed by atoms with Gasteiger partial charge in [-0.05, 0) is 36.8 Å². The van der Waals surface area contributed by atoms with E-state index in [4.69, 9.17) is 0 Å². The molecule has 2 heterocycles. The van der Waals surface area contributed by atoms with Crippen LogP contribution in [0, 0.1) is 0 Å². The maximum absolute atomic E-state index is 12.4. The molecule has 0 spiro atoms. The molecule has 0 fully saturated rings. The molecule has 0 atom stereocenters. The van der Waals surface area contributed by atoms with Crippen molar-refractivity contribution < 1.29 is 4.79 Å². The minimum absolute atomic E-state index is 0.103. The summed E-state index contributed by atoms with van der Waals surface area (Å²) in [6.07, 6.45) is 3.00. The lowest BCUT2D eigenvalue weighted by molar-refractivity contribution is 0.0991. The molecule has 0 radical (unpaired) electrons. The van der Waals surface area contributed by atoms with Gasteiger partial charge in [-0.15, -0.1) is 0 Å². The maximum Gasteiger partial charge on any atom is 0.168 e. The number of aromatic nitrogens is 3. The van der Waals surface area contributed by atoms with Gasteiger partial charge in [0, 0.05) is 29.9 Å². The predicted octanol–water partition coefficient (Wildman–Crippen LogP) is 2.96. The summed E-state index contributed by atoms with van der Waals surface area (Å²) in [5, 5.41) is 5.37. The van der Waals surface area contributed by atoms with Crippen LogP contribution < -0.4 is 0 Å². The molecule has 0 saturated carbocycles. The molecule has 0 amide bonds. The van der Waals surface area contributed by atoms with Crippen LogP contribution in [0.4, 0.5) is 0 Å². The number of hydrogen-bond acceptors (Lipinski definition) is 3. The lowest BCUT2D eigenvalue weighted by Gasteiger charge is -2.03. The van der Waals surface area contributed by atoms with Crippen LogP contribution in [0.1, 0.15) is 28.7 Å². The first kappa shape index (κ1) is 13.5. The van der Waals surface area contributed by atoms with E-state index in [1.54, 1.807) is 10.9 Å². The van der Waals surface area contributed by atoms with Gasteiger partial charge in [0.2, 0.25) is 0 Å². The average molecular weight is 279 g/mol. The van der Waals surface area contributed by atoms with Crippen LogP contribution in [0.3, 0.4) is 0 Å². The first-order valence-corrected chi connectivity index (χ1v) is 7.07. The number of carbonyl (C=O) groups excluding carboxylic acids is 1. The molecular formula is C17H17N3O. The van der Waals surface area contributed by atoms with Crippen LogP contribution in [0.2, 0.25) is 0 Å². The number of nitrogens with zero attached hydrogens (tertiary/aromatic N) is 3. The van der Waals surface area contributed by atoms with Crippen LogP contribution in [0.15, 0.2) is 42.6 Å². The Balaban J connectivity index is 1.87. The van der Waals surface area contributed by atoms with Crippen molar-refractivity contribution in [3.8, 4) is 0 Å². The van der Waals surface area contributed by atoms with Crippen LogP contribution in [0.5, 0.6) is 0 Å². The fraction of sp³-hybridized carbons (Fsp3) is 0.235. The van der Waals surface area contributed by atoms with Crippen molar-refractivity contribution in [3.05, 3.63) is 59.5 Å². The zero-order chi connectivity index (χ0) is 14.8. The van der Waals surface area contributed by atoms with Crippen molar-refractivity contribution in [3.63, 3.8) is 0 Å². The third-order valence-electron chi connectivity index (χ3n) is 3.66. The Morgan fingerprint density at radius 3 is 2.86 bits per heavy atom. The number of ketones is 1. The summed E-state index contributed by atoms with van der Waals surface area (Å²) in [5.74, 6) is 0.103. The minimum atomic E-state index is 0.103. The average Bonchev–Trinajstić information content (AvgIpc) is 2.87. The van der Waals surface area contributed by atoms with Gasteiger partial charge in [-0.3, -0.25) is 14.5 Å². The van der Waals surface area contributed by atoms with Crippen LogP contribution in [-0.2, 0) is 19.9 Å². The Kier molecular flexibility index (Phi) is 3.52. The summed E-state index contributed by atoms with van der Waals surface area (Å²) < 4.78 is 1.79. The molecule has 3 rings (SSSR count). The molecule has 3 aromatic rings. The second kappa shape index (κ2) is 5.48. The van der Waals surface area contributed by atoms with Gasteiger partial charge in [0.25, 0.3) is 0 Å². The molecule has 1 aromatic carbocycles. The maximum atomic E-state index is 12.4. The number of hydrogen-bond donors (Lipinski definition) is 0. The van der Waals surface area contributed by atoms with E-state index in [2.05, 4.69) is 17.0 Å². The van der Waals surface area contributed by atoms with Crippen LogP contribution >= 0.6 is 0 Å². The Hall–Kier alpha value is -2.49. The number of benzene rings is 1. The van der Waals surface area contributed by atoms with Gasteiger partial charge in [0.1, 0.15) is 0 Å². The second-order valence-electron chi connectivity index (χ2n) is 5.12. The first-order valence-electron chi connectivity index (χ1n) is 7.07. The van der Waals surface area contributed by atoms with E-state index in [0.717, 1.165) is 34.3 Å². The lowest BCUT2D eigenvalue weighted by atomic mass is 10.0. The molecule has 4 nitrogen and oxygen atoms in total. The first-order chi connectivity index (χ1) is 10.2. The van der Waals surface area contributed by atoms with E-state index in [1.165, 1.54) is 0 Å². The summed E-state index contributed by atoms with van der Waals surface area (Å²) >= 11 is 0. The van der Waals surface area contributed by atoms with Crippen LogP contribution in [-0.4, -0.2) is 20.5 Å². The highest BCUT2D eigenvalue weighted by Crippen LogP contribution is 2.15. The second-order valence-corrected chi connectivity index (χ2v) is 5.12. The monoisotopic (exact) mass is 279 g/mol. The number of fused-ring (bicyclic) bond motifs is 1. The molecule has 0 unspecified atom stereocenters. The molecule has 4 heteroatoms. The lowest BCUT2D eigenvalue weighted by Crippen LogP contribution is -2.07. The zero-order valence-electron chi connectivity index (χ0n) is 12.2. The van der Waals surface area contributed by atoms with Gasteiger partial charge in [0.05, 0.1) is 17.6 Å². The third-order valence-corrected chi connectivity index (χ3v) is 3.66. The number of carbonyl (C=O) groups is 1. The minimum Gasteiger partial charge on any atom is -0.294 e. The quantitative estimate of drug-likeness (QED) is 0.690. The van der Waals surface area contributed by atoms with Crippen molar-refractivity contribution >= 4 is 16.7 Å². The van der Waals surface area contributed by atoms with Gasteiger partial charge in [-0.25, -0.2) is 0 Å². The normalized spacial score (nSPS) is 11.0. The molecule has 106 valence electrons. The van der Waals surface area contributed by atoms with E-state index in [1.807, 2.05) is 43.4 Å². The van der Waals surface area contributed by atoms with Gasteiger partial charge >= 0.3 is 0 Å². The molecule has 0 saturated heterocycles. The highest BCUT2D eigenvalue weighted by molar-refractivity contribution is 6.00. The molecular weight excluding hydrogens is 262 g/mol. The fourth-order valence-corrected chi connectivity index (χ4v) is 2.43. The Morgan fingerprint density at radius 2 is 2.10 bits per heavy atom. The molecule has 0 aliphatic carbocycles. The van der Waals surface area contributed by atoms with Crippen molar-refractivity contribution in [2.24, 2.45) is 7.05 Å². The number of rotatable bonds is 4. The standard InChI is InChI=1S/C17H17N3O/c1-3-14-10-15(20(2)19-14)11-17(21)13-6-7-16-12(9-13)5-4-8-18-16/h4-10H,3,11H2,1-2H3. The molecule has 2 aromatic heterocycles. The summed E-state index contributed by atoms with van der Waals surface area (Å²) in [6, 6.07) is 11.5. The molecule has 0 aliphatic heterocycles. The van der Waals surface area contributed by atoms with Crippen molar-refractivity contribution in [2.45, 2.75) is 19.8 Å². The van der Waals surface area contributed by atoms with Crippen molar-refractivity contribution in [2.75, 3.05) is 0 Å². The van der Waals surface area contributed by atoms with Gasteiger partial charge in [-0.1, -0.05) is 13.0 Å². The fourth-order valence-electron chi connectivity index (χ4n) is 2.43. The Bertz CT molecular complexity index is 805. The van der Waals surface area contributed by atoms with E-state index in [0.29, 0.717) is 6.42 Å². The zero-order valence-corrected chi connectivity index (χ0v) is 12.2. The highest BCUT2D eigenvalue weighted by atomic mass is 16.1. The summed E-state index contributed by atoms with van der Waals surface area (Å²) in [4.78, 5) is 16.7. The van der Waals surface area contributed by atoms with Crippen molar-refractivity contribution in [1.29, 1.82) is 0 Å². The number of aryl methyl sites for hydroxylation is 2. The van der Waals surface area contributed by atoms with Gasteiger partial charge < -0.3 is 0 Å². The molecule has 0 aliphatic rings. The van der Waals surface area contributed by atoms with E-state index in [-0.39, 0.29) is 5.78 Å². The summed E-state index contributed by atoms with van der Waals surface area (Å²) in [7, 11) is 1.88. The number of pyridine rings is 1. The molecule has 21 heavy (non-hydrogen) atoms. The van der Waals surface area contributed by atoms with E-state index in [9.17, 15) is 4.79 Å². The largest absolute Gasteiger partial charge is 0.294 e. The van der Waals surface area contributed by atoms with Crippen molar-refractivity contribution in [1.82, 2.24) is 14.8 Å². The SMILES string of the molecule is CCc1cc(CC(=O)c2ccc3ncccc3c2)n(C)n1. The Labute approximate surface area is 123 Å². The molecule has 0 bridgehead atoms. The topological polar surface area (TPSA) is 47.8 Å². The molecule has 0 N–H and O–H groups in total. The summed E-state index contributed by atoms with van der Waals surface area (Å²) in [6.45, 7) is 2.06. The van der Waals surface area contributed by atoms with E-state index < -0.39 is 0 Å². The predicted molar refractivity (Wildman–Crippen MR) is 82.4 cm³/mol. The van der Waals surface area contributed by atoms with E-state index >= 15 is 0 Å². The van der Waals surface area contributed by atoms with Gasteiger partial charge in [-0.2, -0.15) is 5.10 Å². The highest BCUT2D eigenvalue weighted by Gasteiger charge is 2.12. The number of Topliss-reactive ketones (excluding diaryl/α,β-unsaturated/α-hetero) is 1. The summed E-state index contributed by atoms with van der Waals surface area (Å²) in [5.41, 5.74) is 3.59. The van der Waals surface area contributed by atoms with Crippen LogP contribution in [0.25, 0.3) is 10.9 Å².